The number of aromatic nitrogens is 4. The quantitative estimate of drug-likeness (QED) is 0.204. The fourth-order valence-electron chi connectivity index (χ4n) is 6.54. The van der Waals surface area contributed by atoms with E-state index < -0.39 is 0 Å². The van der Waals surface area contributed by atoms with E-state index in [1.807, 2.05) is 54.9 Å². The molecule has 0 bridgehead atoms. The highest BCUT2D eigenvalue weighted by Crippen LogP contribution is 2.39. The Morgan fingerprint density at radius 2 is 1.00 bits per heavy atom. The first kappa shape index (κ1) is 25.3. The van der Waals surface area contributed by atoms with Gasteiger partial charge in [0.15, 0.2) is 0 Å². The molecule has 5 nitrogen and oxygen atoms in total. The molecule has 5 aromatic carbocycles. The standard InChI is InChI=1S/C40H26N4O/c1-2-11-27(12-3-1)30-15-10-24-42-40(30)44-36-17-7-5-14-32(36)34-22-20-29(26-38(34)44)45-28-19-21-33-31-13-4-6-16-35(31)43(37(33)25-28)39-18-8-9-23-41-39/h1-26H. The van der Waals surface area contributed by atoms with Crippen LogP contribution in [0.4, 0.5) is 0 Å². The molecule has 0 radical (unpaired) electrons. The SMILES string of the molecule is c1ccc(-c2cccnc2-n2c3ccccc3c3ccc(Oc4ccc5c6ccccc6n(-c6ccccn6)c5c4)cc32)cc1. The first-order valence-corrected chi connectivity index (χ1v) is 15.0. The number of hydrogen-bond acceptors (Lipinski definition) is 3. The van der Waals surface area contributed by atoms with Gasteiger partial charge in [0.05, 0.1) is 22.1 Å². The second kappa shape index (κ2) is 10.2. The molecule has 0 fully saturated rings. The van der Waals surface area contributed by atoms with Gasteiger partial charge in [-0.15, -0.1) is 0 Å². The number of benzene rings is 5. The van der Waals surface area contributed by atoms with E-state index in [-0.39, 0.29) is 0 Å². The molecule has 0 N–H and O–H groups in total. The zero-order chi connectivity index (χ0) is 29.7. The molecule has 0 spiro atoms. The van der Waals surface area contributed by atoms with Gasteiger partial charge < -0.3 is 4.74 Å². The topological polar surface area (TPSA) is 44.9 Å². The van der Waals surface area contributed by atoms with Crippen molar-refractivity contribution in [3.8, 4) is 34.3 Å². The van der Waals surface area contributed by atoms with Gasteiger partial charge in [-0.1, -0.05) is 72.8 Å². The number of pyridine rings is 2. The molecule has 0 aliphatic carbocycles. The summed E-state index contributed by atoms with van der Waals surface area (Å²) < 4.78 is 11.1. The Morgan fingerprint density at radius 3 is 1.69 bits per heavy atom. The zero-order valence-corrected chi connectivity index (χ0v) is 24.2. The van der Waals surface area contributed by atoms with Crippen LogP contribution in [0.3, 0.4) is 0 Å². The maximum absolute atomic E-state index is 6.62. The molecular formula is C40H26N4O. The Kier molecular flexibility index (Phi) is 5.74. The molecule has 0 aliphatic heterocycles. The Hall–Kier alpha value is -6.20. The second-order valence-electron chi connectivity index (χ2n) is 11.1. The number of fused-ring (bicyclic) bond motifs is 6. The molecule has 4 aromatic heterocycles. The lowest BCUT2D eigenvalue weighted by molar-refractivity contribution is 0.484. The molecule has 5 heteroatoms. The summed E-state index contributed by atoms with van der Waals surface area (Å²) in [4.78, 5) is 9.59. The van der Waals surface area contributed by atoms with Gasteiger partial charge >= 0.3 is 0 Å². The number of nitrogens with zero attached hydrogens (tertiary/aromatic N) is 4. The van der Waals surface area contributed by atoms with Crippen molar-refractivity contribution in [1.29, 1.82) is 0 Å². The van der Waals surface area contributed by atoms with Crippen LogP contribution >= 0.6 is 0 Å². The highest BCUT2D eigenvalue weighted by atomic mass is 16.5. The van der Waals surface area contributed by atoms with E-state index in [1.54, 1.807) is 0 Å². The molecule has 45 heavy (non-hydrogen) atoms. The minimum absolute atomic E-state index is 0.753. The highest BCUT2D eigenvalue weighted by molar-refractivity contribution is 6.11. The van der Waals surface area contributed by atoms with Crippen LogP contribution in [-0.2, 0) is 0 Å². The molecule has 0 aliphatic rings. The lowest BCUT2D eigenvalue weighted by Gasteiger charge is -2.13. The van der Waals surface area contributed by atoms with Gasteiger partial charge in [0, 0.05) is 51.6 Å². The van der Waals surface area contributed by atoms with Crippen LogP contribution in [0.5, 0.6) is 11.5 Å². The van der Waals surface area contributed by atoms with Crippen LogP contribution in [0.25, 0.3) is 66.4 Å². The van der Waals surface area contributed by atoms with E-state index in [1.165, 1.54) is 10.8 Å². The van der Waals surface area contributed by atoms with Gasteiger partial charge in [0.1, 0.15) is 23.1 Å². The third-order valence-corrected chi connectivity index (χ3v) is 8.49. The summed E-state index contributed by atoms with van der Waals surface area (Å²) in [6.07, 6.45) is 3.69. The van der Waals surface area contributed by atoms with Crippen LogP contribution in [0, 0.1) is 0 Å². The lowest BCUT2D eigenvalue weighted by atomic mass is 10.1. The summed E-state index contributed by atoms with van der Waals surface area (Å²) in [6, 6.07) is 50.1. The summed E-state index contributed by atoms with van der Waals surface area (Å²) >= 11 is 0. The molecule has 9 rings (SSSR count). The maximum Gasteiger partial charge on any atom is 0.145 e. The molecule has 212 valence electrons. The first-order chi connectivity index (χ1) is 22.3. The van der Waals surface area contributed by atoms with E-state index in [9.17, 15) is 0 Å². The summed E-state index contributed by atoms with van der Waals surface area (Å²) in [5.41, 5.74) is 6.48. The number of ether oxygens (including phenoxy) is 1. The molecule has 0 unspecified atom stereocenters. The van der Waals surface area contributed by atoms with E-state index in [0.717, 1.165) is 67.1 Å². The van der Waals surface area contributed by atoms with Gasteiger partial charge in [0.2, 0.25) is 0 Å². The van der Waals surface area contributed by atoms with Gasteiger partial charge in [-0.2, -0.15) is 0 Å². The van der Waals surface area contributed by atoms with Gasteiger partial charge in [-0.3, -0.25) is 9.13 Å². The lowest BCUT2D eigenvalue weighted by Crippen LogP contribution is -2.00. The molecule has 0 atom stereocenters. The molecule has 9 aromatic rings. The number of para-hydroxylation sites is 2. The van der Waals surface area contributed by atoms with Gasteiger partial charge in [-0.05, 0) is 66.2 Å². The van der Waals surface area contributed by atoms with Gasteiger partial charge in [-0.25, -0.2) is 9.97 Å². The third-order valence-electron chi connectivity index (χ3n) is 8.49. The van der Waals surface area contributed by atoms with Crippen LogP contribution in [0.2, 0.25) is 0 Å². The number of rotatable bonds is 5. The van der Waals surface area contributed by atoms with Crippen molar-refractivity contribution in [2.45, 2.75) is 0 Å². The monoisotopic (exact) mass is 578 g/mol. The van der Waals surface area contributed by atoms with Crippen molar-refractivity contribution >= 4 is 43.6 Å². The molecule has 4 heterocycles. The molecule has 0 amide bonds. The van der Waals surface area contributed by atoms with Crippen LogP contribution in [-0.4, -0.2) is 19.1 Å². The predicted octanol–water partition coefficient (Wildman–Crippen LogP) is 10.1. The summed E-state index contributed by atoms with van der Waals surface area (Å²) in [7, 11) is 0. The normalized spacial score (nSPS) is 11.6. The average Bonchev–Trinajstić information content (AvgIpc) is 3.61. The molecule has 0 saturated carbocycles. The van der Waals surface area contributed by atoms with Crippen LogP contribution in [0.1, 0.15) is 0 Å². The fourth-order valence-corrected chi connectivity index (χ4v) is 6.54. The summed E-state index contributed by atoms with van der Waals surface area (Å²) in [5.74, 6) is 3.26. The maximum atomic E-state index is 6.62. The van der Waals surface area contributed by atoms with Crippen molar-refractivity contribution < 1.29 is 4.74 Å². The Labute approximate surface area is 259 Å². The Balaban J connectivity index is 1.21. The van der Waals surface area contributed by atoms with Crippen molar-refractivity contribution in [3.63, 3.8) is 0 Å². The second-order valence-corrected chi connectivity index (χ2v) is 11.1. The highest BCUT2D eigenvalue weighted by Gasteiger charge is 2.18. The Bertz CT molecular complexity index is 2510. The number of hydrogen-bond donors (Lipinski definition) is 0. The largest absolute Gasteiger partial charge is 0.457 e. The smallest absolute Gasteiger partial charge is 0.145 e. The van der Waals surface area contributed by atoms with Crippen LogP contribution in [0.15, 0.2) is 158 Å². The van der Waals surface area contributed by atoms with E-state index >= 15 is 0 Å². The van der Waals surface area contributed by atoms with Crippen LogP contribution < -0.4 is 4.74 Å². The summed E-state index contributed by atoms with van der Waals surface area (Å²) in [5, 5.41) is 4.65. The van der Waals surface area contributed by atoms with Crippen molar-refractivity contribution in [2.75, 3.05) is 0 Å². The van der Waals surface area contributed by atoms with Crippen molar-refractivity contribution in [3.05, 3.63) is 158 Å². The molecular weight excluding hydrogens is 552 g/mol. The predicted molar refractivity (Wildman–Crippen MR) is 183 cm³/mol. The minimum atomic E-state index is 0.753. The Morgan fingerprint density at radius 1 is 0.422 bits per heavy atom. The van der Waals surface area contributed by atoms with E-state index in [4.69, 9.17) is 9.72 Å². The zero-order valence-electron chi connectivity index (χ0n) is 24.2. The third kappa shape index (κ3) is 4.09. The van der Waals surface area contributed by atoms with E-state index in [0.29, 0.717) is 0 Å². The van der Waals surface area contributed by atoms with E-state index in [2.05, 4.69) is 117 Å². The summed E-state index contributed by atoms with van der Waals surface area (Å²) in [6.45, 7) is 0. The fraction of sp³-hybridized carbons (Fsp3) is 0. The first-order valence-electron chi connectivity index (χ1n) is 15.0. The average molecular weight is 579 g/mol. The van der Waals surface area contributed by atoms with Gasteiger partial charge in [0.25, 0.3) is 0 Å². The van der Waals surface area contributed by atoms with Crippen molar-refractivity contribution in [2.24, 2.45) is 0 Å². The van der Waals surface area contributed by atoms with Crippen molar-refractivity contribution in [1.82, 2.24) is 19.1 Å². The molecule has 0 saturated heterocycles. The minimum Gasteiger partial charge on any atom is -0.457 e.